The first-order valence-electron chi connectivity index (χ1n) is 13.8. The average molecular weight is 523 g/mol. The summed E-state index contributed by atoms with van der Waals surface area (Å²) in [6, 6.07) is 43.0. The standard InChI is InChI=1S/C38H22N2O/c1-2-11-24-23(10-1)26-15-7-16-29(31-18-8-17-30-25-12-5-6-20-34(25)41-37(30)31)35(26)27-13-3-4-14-28(27)36-32-19-9-21-39-38(32)40-22-33(24)36/h1-22H. The Labute approximate surface area is 236 Å². The van der Waals surface area contributed by atoms with Crippen molar-refractivity contribution in [3.05, 3.63) is 134 Å². The van der Waals surface area contributed by atoms with Crippen LogP contribution in [0, 0.1) is 0 Å². The molecule has 9 rings (SSSR count). The molecule has 0 fully saturated rings. The number of hydrogen-bond donors (Lipinski definition) is 0. The molecule has 8 aromatic rings. The summed E-state index contributed by atoms with van der Waals surface area (Å²) in [7, 11) is 0. The molecule has 0 N–H and O–H groups in total. The van der Waals surface area contributed by atoms with Crippen LogP contribution in [-0.2, 0) is 0 Å². The monoisotopic (exact) mass is 522 g/mol. The Balaban J connectivity index is 1.46. The van der Waals surface area contributed by atoms with Crippen molar-refractivity contribution in [2.45, 2.75) is 0 Å². The fraction of sp³-hybridized carbons (Fsp3) is 0. The molecule has 1 aliphatic rings. The van der Waals surface area contributed by atoms with Crippen LogP contribution in [0.25, 0.3) is 88.6 Å². The second-order valence-corrected chi connectivity index (χ2v) is 10.5. The fourth-order valence-electron chi connectivity index (χ4n) is 6.65. The summed E-state index contributed by atoms with van der Waals surface area (Å²) in [5, 5.41) is 3.31. The van der Waals surface area contributed by atoms with E-state index < -0.39 is 0 Å². The van der Waals surface area contributed by atoms with E-state index >= 15 is 0 Å². The summed E-state index contributed by atoms with van der Waals surface area (Å²) in [4.78, 5) is 9.40. The number of furan rings is 1. The number of hydrogen-bond acceptors (Lipinski definition) is 3. The highest BCUT2D eigenvalue weighted by molar-refractivity contribution is 6.15. The van der Waals surface area contributed by atoms with Gasteiger partial charge in [-0.15, -0.1) is 0 Å². The summed E-state index contributed by atoms with van der Waals surface area (Å²) in [6.45, 7) is 0. The van der Waals surface area contributed by atoms with Gasteiger partial charge in [0.15, 0.2) is 5.65 Å². The lowest BCUT2D eigenvalue weighted by Gasteiger charge is -2.25. The summed E-state index contributed by atoms with van der Waals surface area (Å²) in [5.74, 6) is 0. The number of fused-ring (bicyclic) bond motifs is 13. The van der Waals surface area contributed by atoms with E-state index in [0.717, 1.165) is 60.8 Å². The number of benzene rings is 5. The first-order chi connectivity index (χ1) is 20.4. The maximum Gasteiger partial charge on any atom is 0.159 e. The Hall–Kier alpha value is -5.54. The zero-order valence-corrected chi connectivity index (χ0v) is 22.0. The lowest BCUT2D eigenvalue weighted by atomic mass is 9.78. The van der Waals surface area contributed by atoms with E-state index in [-0.39, 0.29) is 0 Å². The molecule has 0 radical (unpaired) electrons. The Morgan fingerprint density at radius 3 is 1.83 bits per heavy atom. The maximum absolute atomic E-state index is 6.54. The normalized spacial score (nSPS) is 11.9. The van der Waals surface area contributed by atoms with Crippen molar-refractivity contribution in [3.63, 3.8) is 0 Å². The van der Waals surface area contributed by atoms with E-state index in [1.54, 1.807) is 0 Å². The number of aromatic nitrogens is 2. The minimum absolute atomic E-state index is 0.750. The van der Waals surface area contributed by atoms with Gasteiger partial charge < -0.3 is 4.42 Å². The van der Waals surface area contributed by atoms with Gasteiger partial charge in [-0.3, -0.25) is 0 Å². The van der Waals surface area contributed by atoms with E-state index in [2.05, 4.69) is 108 Å². The quantitative estimate of drug-likeness (QED) is 0.215. The number of rotatable bonds is 1. The van der Waals surface area contributed by atoms with Gasteiger partial charge in [-0.25, -0.2) is 9.97 Å². The van der Waals surface area contributed by atoms with Crippen LogP contribution in [0.4, 0.5) is 0 Å². The molecular formula is C38H22N2O. The van der Waals surface area contributed by atoms with Crippen molar-refractivity contribution in [3.8, 4) is 55.6 Å². The molecule has 3 heterocycles. The molecule has 190 valence electrons. The van der Waals surface area contributed by atoms with Gasteiger partial charge in [0.05, 0.1) is 0 Å². The topological polar surface area (TPSA) is 38.9 Å². The van der Waals surface area contributed by atoms with Crippen molar-refractivity contribution >= 4 is 33.0 Å². The Kier molecular flexibility index (Phi) is 4.61. The predicted octanol–water partition coefficient (Wildman–Crippen LogP) is 10.2. The molecule has 0 unspecified atom stereocenters. The van der Waals surface area contributed by atoms with Crippen LogP contribution in [0.15, 0.2) is 138 Å². The summed E-state index contributed by atoms with van der Waals surface area (Å²) < 4.78 is 6.54. The minimum Gasteiger partial charge on any atom is -0.455 e. The minimum atomic E-state index is 0.750. The average Bonchev–Trinajstić information content (AvgIpc) is 3.42. The third-order valence-electron chi connectivity index (χ3n) is 8.37. The van der Waals surface area contributed by atoms with Crippen molar-refractivity contribution in [1.82, 2.24) is 9.97 Å². The zero-order chi connectivity index (χ0) is 26.9. The SMILES string of the molecule is c1ccc2c(c1)-c1cccc(-c3cccc4c3oc3ccccc34)c1-c1ccccc1-c1c-2cnc2ncccc12. The van der Waals surface area contributed by atoms with Gasteiger partial charge in [-0.05, 0) is 57.1 Å². The van der Waals surface area contributed by atoms with Crippen LogP contribution in [-0.4, -0.2) is 9.97 Å². The molecule has 0 saturated heterocycles. The number of para-hydroxylation sites is 2. The van der Waals surface area contributed by atoms with Gasteiger partial charge in [0, 0.05) is 45.2 Å². The molecule has 0 spiro atoms. The van der Waals surface area contributed by atoms with Gasteiger partial charge in [0.2, 0.25) is 0 Å². The van der Waals surface area contributed by atoms with Gasteiger partial charge in [-0.1, -0.05) is 103 Å². The lowest BCUT2D eigenvalue weighted by Crippen LogP contribution is -2.00. The molecule has 0 amide bonds. The molecule has 3 aromatic heterocycles. The Bertz CT molecular complexity index is 2330. The Morgan fingerprint density at radius 2 is 0.976 bits per heavy atom. The molecule has 0 saturated carbocycles. The summed E-state index contributed by atoms with van der Waals surface area (Å²) in [5.41, 5.74) is 14.2. The highest BCUT2D eigenvalue weighted by atomic mass is 16.3. The van der Waals surface area contributed by atoms with Crippen molar-refractivity contribution in [2.75, 3.05) is 0 Å². The van der Waals surface area contributed by atoms with Gasteiger partial charge >= 0.3 is 0 Å². The summed E-state index contributed by atoms with van der Waals surface area (Å²) >= 11 is 0. The van der Waals surface area contributed by atoms with Crippen LogP contribution in [0.1, 0.15) is 0 Å². The molecule has 0 atom stereocenters. The van der Waals surface area contributed by atoms with Crippen molar-refractivity contribution < 1.29 is 4.42 Å². The first kappa shape index (κ1) is 22.3. The molecule has 0 bridgehead atoms. The van der Waals surface area contributed by atoms with Gasteiger partial charge in [0.1, 0.15) is 11.2 Å². The smallest absolute Gasteiger partial charge is 0.159 e. The largest absolute Gasteiger partial charge is 0.455 e. The zero-order valence-electron chi connectivity index (χ0n) is 22.0. The van der Waals surface area contributed by atoms with E-state index in [9.17, 15) is 0 Å². The highest BCUT2D eigenvalue weighted by Gasteiger charge is 2.26. The molecule has 3 nitrogen and oxygen atoms in total. The molecular weight excluding hydrogens is 500 g/mol. The molecule has 5 aromatic carbocycles. The number of nitrogens with zero attached hydrogens (tertiary/aromatic N) is 2. The molecule has 0 aliphatic heterocycles. The molecule has 1 aliphatic carbocycles. The molecule has 41 heavy (non-hydrogen) atoms. The van der Waals surface area contributed by atoms with Crippen molar-refractivity contribution in [2.24, 2.45) is 0 Å². The highest BCUT2D eigenvalue weighted by Crippen LogP contribution is 2.52. The van der Waals surface area contributed by atoms with Gasteiger partial charge in [0.25, 0.3) is 0 Å². The van der Waals surface area contributed by atoms with E-state index in [1.807, 2.05) is 30.6 Å². The van der Waals surface area contributed by atoms with E-state index in [4.69, 9.17) is 9.40 Å². The van der Waals surface area contributed by atoms with Gasteiger partial charge in [-0.2, -0.15) is 0 Å². The second kappa shape index (κ2) is 8.48. The van der Waals surface area contributed by atoms with Crippen LogP contribution in [0.3, 0.4) is 0 Å². The van der Waals surface area contributed by atoms with E-state index in [0.29, 0.717) is 0 Å². The predicted molar refractivity (Wildman–Crippen MR) is 168 cm³/mol. The summed E-state index contributed by atoms with van der Waals surface area (Å²) in [6.07, 6.45) is 3.80. The van der Waals surface area contributed by atoms with Crippen LogP contribution in [0.2, 0.25) is 0 Å². The number of pyridine rings is 2. The lowest BCUT2D eigenvalue weighted by molar-refractivity contribution is 0.670. The maximum atomic E-state index is 6.54. The fourth-order valence-corrected chi connectivity index (χ4v) is 6.65. The van der Waals surface area contributed by atoms with E-state index in [1.165, 1.54) is 27.8 Å². The Morgan fingerprint density at radius 1 is 0.390 bits per heavy atom. The van der Waals surface area contributed by atoms with Crippen molar-refractivity contribution in [1.29, 1.82) is 0 Å². The van der Waals surface area contributed by atoms with Crippen LogP contribution < -0.4 is 0 Å². The van der Waals surface area contributed by atoms with Crippen LogP contribution in [0.5, 0.6) is 0 Å². The first-order valence-corrected chi connectivity index (χ1v) is 13.8. The third-order valence-corrected chi connectivity index (χ3v) is 8.37. The second-order valence-electron chi connectivity index (χ2n) is 10.5. The van der Waals surface area contributed by atoms with Crippen LogP contribution >= 0.6 is 0 Å². The third kappa shape index (κ3) is 3.14. The molecule has 3 heteroatoms.